The van der Waals surface area contributed by atoms with Gasteiger partial charge < -0.3 is 5.32 Å². The van der Waals surface area contributed by atoms with Gasteiger partial charge in [0, 0.05) is 19.3 Å². The van der Waals surface area contributed by atoms with Gasteiger partial charge in [0.2, 0.25) is 0 Å². The minimum absolute atomic E-state index is 0.0902. The molecule has 0 saturated heterocycles. The van der Waals surface area contributed by atoms with Crippen LogP contribution in [0.1, 0.15) is 0 Å². The van der Waals surface area contributed by atoms with Gasteiger partial charge in [0.25, 0.3) is 0 Å². The average Bonchev–Trinajstić information content (AvgIpc) is 1.99. The van der Waals surface area contributed by atoms with Crippen LogP contribution in [0.2, 0.25) is 0 Å². The van der Waals surface area contributed by atoms with E-state index in [0.29, 0.717) is 0 Å². The van der Waals surface area contributed by atoms with Crippen molar-refractivity contribution in [3.63, 3.8) is 0 Å². The summed E-state index contributed by atoms with van der Waals surface area (Å²) in [6, 6.07) is 1.10. The van der Waals surface area contributed by atoms with Crippen molar-refractivity contribution in [2.75, 3.05) is 25.1 Å². The SMILES string of the molecule is CS(=O)(=O)CCNCC(C#N)C(F)(F)F. The number of nitrogens with one attached hydrogen (secondary N) is 1. The van der Waals surface area contributed by atoms with Gasteiger partial charge in [0.1, 0.15) is 9.84 Å². The summed E-state index contributed by atoms with van der Waals surface area (Å²) in [5.74, 6) is -2.35. The molecule has 0 bridgehead atoms. The van der Waals surface area contributed by atoms with Gasteiger partial charge in [-0.2, -0.15) is 18.4 Å². The van der Waals surface area contributed by atoms with Gasteiger partial charge in [0.15, 0.2) is 5.92 Å². The van der Waals surface area contributed by atoms with Gasteiger partial charge in [-0.15, -0.1) is 0 Å². The molecular formula is C7H11F3N2O2S. The summed E-state index contributed by atoms with van der Waals surface area (Å²) < 4.78 is 57.2. The fraction of sp³-hybridized carbons (Fsp3) is 0.857. The number of halogens is 3. The second-order valence-electron chi connectivity index (χ2n) is 3.06. The molecule has 88 valence electrons. The minimum atomic E-state index is -4.58. The van der Waals surface area contributed by atoms with E-state index in [4.69, 9.17) is 5.26 Å². The van der Waals surface area contributed by atoms with Crippen molar-refractivity contribution in [3.05, 3.63) is 0 Å². The molecule has 0 aromatic rings. The molecule has 1 atom stereocenters. The molecule has 0 saturated carbocycles. The highest BCUT2D eigenvalue weighted by molar-refractivity contribution is 7.90. The summed E-state index contributed by atoms with van der Waals surface area (Å²) in [5, 5.41) is 10.5. The first-order chi connectivity index (χ1) is 6.67. The highest BCUT2D eigenvalue weighted by Gasteiger charge is 2.39. The lowest BCUT2D eigenvalue weighted by atomic mass is 10.1. The van der Waals surface area contributed by atoms with Crippen molar-refractivity contribution in [1.82, 2.24) is 5.32 Å². The molecule has 0 aliphatic rings. The van der Waals surface area contributed by atoms with Crippen LogP contribution in [0.15, 0.2) is 0 Å². The zero-order chi connectivity index (χ0) is 12.1. The molecule has 0 rings (SSSR count). The molecule has 8 heteroatoms. The number of hydrogen-bond acceptors (Lipinski definition) is 4. The fourth-order valence-electron chi connectivity index (χ4n) is 0.739. The summed E-state index contributed by atoms with van der Waals surface area (Å²) in [7, 11) is -3.19. The number of hydrogen-bond donors (Lipinski definition) is 1. The molecule has 0 spiro atoms. The van der Waals surface area contributed by atoms with Gasteiger partial charge in [-0.05, 0) is 0 Å². The summed E-state index contributed by atoms with van der Waals surface area (Å²) >= 11 is 0. The van der Waals surface area contributed by atoms with E-state index in [9.17, 15) is 21.6 Å². The van der Waals surface area contributed by atoms with Crippen molar-refractivity contribution in [3.8, 4) is 6.07 Å². The van der Waals surface area contributed by atoms with E-state index >= 15 is 0 Å². The van der Waals surface area contributed by atoms with E-state index in [1.807, 2.05) is 0 Å². The monoisotopic (exact) mass is 244 g/mol. The normalized spacial score (nSPS) is 14.6. The molecule has 0 heterocycles. The second-order valence-corrected chi connectivity index (χ2v) is 5.32. The van der Waals surface area contributed by atoms with E-state index in [-0.39, 0.29) is 12.3 Å². The van der Waals surface area contributed by atoms with Crippen molar-refractivity contribution in [2.45, 2.75) is 6.18 Å². The molecule has 0 amide bonds. The Kier molecular flexibility index (Phi) is 5.03. The Morgan fingerprint density at radius 3 is 2.33 bits per heavy atom. The predicted molar refractivity (Wildman–Crippen MR) is 47.7 cm³/mol. The summed E-state index contributed by atoms with van der Waals surface area (Å²) in [5.41, 5.74) is 0. The van der Waals surface area contributed by atoms with Crippen LogP contribution < -0.4 is 5.32 Å². The first-order valence-electron chi connectivity index (χ1n) is 4.01. The summed E-state index contributed by atoms with van der Waals surface area (Å²) in [6.45, 7) is -0.678. The quantitative estimate of drug-likeness (QED) is 0.707. The van der Waals surface area contributed by atoms with Crippen molar-refractivity contribution in [1.29, 1.82) is 5.26 Å². The van der Waals surface area contributed by atoms with Gasteiger partial charge in [-0.25, -0.2) is 8.42 Å². The van der Waals surface area contributed by atoms with Crippen LogP contribution in [0.4, 0.5) is 13.2 Å². The van der Waals surface area contributed by atoms with Crippen LogP contribution in [-0.4, -0.2) is 39.7 Å². The lowest BCUT2D eigenvalue weighted by molar-refractivity contribution is -0.157. The molecule has 0 aliphatic heterocycles. The molecule has 0 aromatic heterocycles. The van der Waals surface area contributed by atoms with Gasteiger partial charge in [-0.3, -0.25) is 0 Å². The van der Waals surface area contributed by atoms with E-state index in [0.717, 1.165) is 12.3 Å². The molecule has 0 radical (unpaired) electrons. The molecule has 4 nitrogen and oxygen atoms in total. The van der Waals surface area contributed by atoms with Gasteiger partial charge >= 0.3 is 6.18 Å². The zero-order valence-electron chi connectivity index (χ0n) is 8.00. The first kappa shape index (κ1) is 14.2. The van der Waals surface area contributed by atoms with E-state index in [2.05, 4.69) is 5.32 Å². The second kappa shape index (κ2) is 5.32. The fourth-order valence-corrected chi connectivity index (χ4v) is 1.25. The zero-order valence-corrected chi connectivity index (χ0v) is 8.82. The number of nitriles is 1. The maximum Gasteiger partial charge on any atom is 0.405 e. The van der Waals surface area contributed by atoms with Crippen LogP contribution >= 0.6 is 0 Å². The molecule has 15 heavy (non-hydrogen) atoms. The summed E-state index contributed by atoms with van der Waals surface area (Å²) in [6.07, 6.45) is -3.59. The Balaban J connectivity index is 3.92. The standard InChI is InChI=1S/C7H11F3N2O2S/c1-15(13,14)3-2-12-5-6(4-11)7(8,9)10/h6,12H,2-3,5H2,1H3. The van der Waals surface area contributed by atoms with Gasteiger partial charge in [0.05, 0.1) is 11.8 Å². The predicted octanol–water partition coefficient (Wildman–Crippen LogP) is 0.323. The van der Waals surface area contributed by atoms with Crippen LogP contribution in [0, 0.1) is 17.2 Å². The number of rotatable bonds is 5. The van der Waals surface area contributed by atoms with Gasteiger partial charge in [-0.1, -0.05) is 0 Å². The Hall–Kier alpha value is -0.810. The Morgan fingerprint density at radius 1 is 1.47 bits per heavy atom. The van der Waals surface area contributed by atoms with E-state index in [1.165, 1.54) is 0 Å². The molecule has 0 fully saturated rings. The third-order valence-electron chi connectivity index (χ3n) is 1.55. The molecule has 0 aliphatic carbocycles. The maximum absolute atomic E-state index is 12.0. The Bertz CT molecular complexity index is 331. The molecular weight excluding hydrogens is 233 g/mol. The van der Waals surface area contributed by atoms with E-state index in [1.54, 1.807) is 0 Å². The third kappa shape index (κ3) is 7.16. The van der Waals surface area contributed by atoms with Crippen molar-refractivity contribution >= 4 is 9.84 Å². The van der Waals surface area contributed by atoms with E-state index < -0.39 is 28.5 Å². The summed E-state index contributed by atoms with van der Waals surface area (Å²) in [4.78, 5) is 0. The van der Waals surface area contributed by atoms with Crippen LogP contribution in [0.5, 0.6) is 0 Å². The average molecular weight is 244 g/mol. The first-order valence-corrected chi connectivity index (χ1v) is 6.07. The van der Waals surface area contributed by atoms with Crippen molar-refractivity contribution in [2.24, 2.45) is 5.92 Å². The highest BCUT2D eigenvalue weighted by Crippen LogP contribution is 2.24. The molecule has 1 N–H and O–H groups in total. The Labute approximate surface area is 86.0 Å². The molecule has 1 unspecified atom stereocenters. The molecule has 0 aromatic carbocycles. The largest absolute Gasteiger partial charge is 0.405 e. The Morgan fingerprint density at radius 2 is 2.00 bits per heavy atom. The number of nitrogens with zero attached hydrogens (tertiary/aromatic N) is 1. The minimum Gasteiger partial charge on any atom is -0.314 e. The van der Waals surface area contributed by atoms with Crippen LogP contribution in [0.3, 0.4) is 0 Å². The van der Waals surface area contributed by atoms with Crippen LogP contribution in [0.25, 0.3) is 0 Å². The number of sulfone groups is 1. The lowest BCUT2D eigenvalue weighted by Crippen LogP contribution is -2.34. The van der Waals surface area contributed by atoms with Crippen molar-refractivity contribution < 1.29 is 21.6 Å². The third-order valence-corrected chi connectivity index (χ3v) is 2.49. The smallest absolute Gasteiger partial charge is 0.314 e. The lowest BCUT2D eigenvalue weighted by Gasteiger charge is -2.13. The highest BCUT2D eigenvalue weighted by atomic mass is 32.2. The van der Waals surface area contributed by atoms with Crippen LogP contribution in [-0.2, 0) is 9.84 Å². The maximum atomic E-state index is 12.0. The topological polar surface area (TPSA) is 70.0 Å². The number of alkyl halides is 3.